The van der Waals surface area contributed by atoms with E-state index in [1.807, 2.05) is 6.07 Å². The smallest absolute Gasteiger partial charge is 0.0463 e. The first-order valence-electron chi connectivity index (χ1n) is 7.46. The molecule has 1 nitrogen and oxygen atoms in total. The van der Waals surface area contributed by atoms with Crippen molar-refractivity contribution in [3.05, 3.63) is 78.5 Å². The molecular formula is C20H23N. The van der Waals surface area contributed by atoms with Gasteiger partial charge in [-0.3, -0.25) is 0 Å². The molecule has 21 heavy (non-hydrogen) atoms. The van der Waals surface area contributed by atoms with Gasteiger partial charge in [-0.1, -0.05) is 74.5 Å². The average Bonchev–Trinajstić information content (AvgIpc) is 2.52. The molecule has 0 unspecified atom stereocenters. The van der Waals surface area contributed by atoms with Gasteiger partial charge < -0.3 is 5.32 Å². The van der Waals surface area contributed by atoms with E-state index in [0.29, 0.717) is 5.92 Å². The summed E-state index contributed by atoms with van der Waals surface area (Å²) in [5.41, 5.74) is 4.69. The quantitative estimate of drug-likeness (QED) is 0.673. The number of anilines is 1. The van der Waals surface area contributed by atoms with Crippen LogP contribution in [0.1, 0.15) is 20.8 Å². The molecule has 0 aromatic heterocycles. The second kappa shape index (κ2) is 7.49. The third kappa shape index (κ3) is 4.35. The van der Waals surface area contributed by atoms with E-state index in [-0.39, 0.29) is 0 Å². The number of para-hydroxylation sites is 1. The first-order valence-corrected chi connectivity index (χ1v) is 7.46. The largest absolute Gasteiger partial charge is 0.355 e. The Morgan fingerprint density at radius 3 is 2.29 bits per heavy atom. The highest BCUT2D eigenvalue weighted by Gasteiger charge is 2.04. The van der Waals surface area contributed by atoms with Crippen LogP contribution in [-0.4, -0.2) is 0 Å². The van der Waals surface area contributed by atoms with Gasteiger partial charge in [0.05, 0.1) is 0 Å². The van der Waals surface area contributed by atoms with Gasteiger partial charge in [-0.15, -0.1) is 0 Å². The van der Waals surface area contributed by atoms with Crippen molar-refractivity contribution in [2.75, 3.05) is 5.32 Å². The fraction of sp³-hybridized carbons (Fsp3) is 0.200. The summed E-state index contributed by atoms with van der Waals surface area (Å²) in [5, 5.41) is 3.53. The molecule has 1 heteroatoms. The van der Waals surface area contributed by atoms with Gasteiger partial charge in [-0.25, -0.2) is 0 Å². The molecule has 0 bridgehead atoms. The Morgan fingerprint density at radius 1 is 0.952 bits per heavy atom. The second-order valence-corrected chi connectivity index (χ2v) is 5.38. The molecule has 0 atom stereocenters. The van der Waals surface area contributed by atoms with Crippen LogP contribution in [0.5, 0.6) is 0 Å². The van der Waals surface area contributed by atoms with Crippen molar-refractivity contribution in [2.45, 2.75) is 20.8 Å². The van der Waals surface area contributed by atoms with Crippen molar-refractivity contribution >= 4 is 5.69 Å². The van der Waals surface area contributed by atoms with Gasteiger partial charge in [-0.2, -0.15) is 0 Å². The zero-order valence-electron chi connectivity index (χ0n) is 13.0. The molecule has 2 rings (SSSR count). The van der Waals surface area contributed by atoms with Crippen LogP contribution in [0.25, 0.3) is 11.1 Å². The summed E-state index contributed by atoms with van der Waals surface area (Å²) in [6.07, 6.45) is 6.44. The van der Waals surface area contributed by atoms with Gasteiger partial charge in [0, 0.05) is 16.9 Å². The highest BCUT2D eigenvalue weighted by molar-refractivity contribution is 5.79. The Morgan fingerprint density at radius 2 is 1.62 bits per heavy atom. The lowest BCUT2D eigenvalue weighted by Gasteiger charge is -2.13. The molecule has 0 saturated heterocycles. The Hall–Kier alpha value is -2.28. The maximum Gasteiger partial charge on any atom is 0.0463 e. The van der Waals surface area contributed by atoms with Crippen LogP contribution in [0.4, 0.5) is 5.69 Å². The van der Waals surface area contributed by atoms with Crippen molar-refractivity contribution in [1.82, 2.24) is 0 Å². The van der Waals surface area contributed by atoms with Crippen LogP contribution < -0.4 is 5.32 Å². The normalized spacial score (nSPS) is 12.1. The van der Waals surface area contributed by atoms with Crippen molar-refractivity contribution in [3.63, 3.8) is 0 Å². The third-order valence-electron chi connectivity index (χ3n) is 3.26. The SMILES string of the molecule is CC=C(C=CC(C)C)Nc1ccccc1-c1ccccc1. The maximum atomic E-state index is 3.53. The number of allylic oxidation sites excluding steroid dienone is 3. The average molecular weight is 277 g/mol. The second-order valence-electron chi connectivity index (χ2n) is 5.38. The van der Waals surface area contributed by atoms with Gasteiger partial charge in [0.2, 0.25) is 0 Å². The summed E-state index contributed by atoms with van der Waals surface area (Å²) in [5.74, 6) is 0.547. The number of hydrogen-bond donors (Lipinski definition) is 1. The lowest BCUT2D eigenvalue weighted by Crippen LogP contribution is -1.99. The highest BCUT2D eigenvalue weighted by atomic mass is 14.9. The van der Waals surface area contributed by atoms with E-state index in [0.717, 1.165) is 11.4 Å². The molecule has 0 aliphatic carbocycles. The van der Waals surface area contributed by atoms with Crippen molar-refractivity contribution in [2.24, 2.45) is 5.92 Å². The zero-order chi connectivity index (χ0) is 15.1. The Bertz CT molecular complexity index is 621. The van der Waals surface area contributed by atoms with Crippen LogP contribution in [0.3, 0.4) is 0 Å². The monoisotopic (exact) mass is 277 g/mol. The van der Waals surface area contributed by atoms with Crippen LogP contribution in [0.15, 0.2) is 78.5 Å². The Balaban J connectivity index is 2.29. The third-order valence-corrected chi connectivity index (χ3v) is 3.26. The standard InChI is InChI=1S/C20H23N/c1-4-18(15-14-16(2)3)21-20-13-9-8-12-19(20)17-10-6-5-7-11-17/h4-16,21H,1-3H3. The number of benzene rings is 2. The summed E-state index contributed by atoms with van der Waals surface area (Å²) in [4.78, 5) is 0. The summed E-state index contributed by atoms with van der Waals surface area (Å²) in [7, 11) is 0. The molecule has 0 heterocycles. The number of nitrogens with one attached hydrogen (secondary N) is 1. The zero-order valence-corrected chi connectivity index (χ0v) is 13.0. The number of rotatable bonds is 5. The summed E-state index contributed by atoms with van der Waals surface area (Å²) >= 11 is 0. The van der Waals surface area contributed by atoms with E-state index in [1.165, 1.54) is 11.1 Å². The Kier molecular flexibility index (Phi) is 5.39. The van der Waals surface area contributed by atoms with Crippen molar-refractivity contribution < 1.29 is 0 Å². The lowest BCUT2D eigenvalue weighted by molar-refractivity contribution is 0.831. The molecule has 0 amide bonds. The van der Waals surface area contributed by atoms with Gasteiger partial charge in [-0.05, 0) is 30.5 Å². The van der Waals surface area contributed by atoms with Crippen molar-refractivity contribution in [1.29, 1.82) is 0 Å². The summed E-state index contributed by atoms with van der Waals surface area (Å²) < 4.78 is 0. The molecule has 0 spiro atoms. The van der Waals surface area contributed by atoms with Gasteiger partial charge >= 0.3 is 0 Å². The molecule has 1 N–H and O–H groups in total. The molecule has 0 saturated carbocycles. The van der Waals surface area contributed by atoms with E-state index >= 15 is 0 Å². The minimum Gasteiger partial charge on any atom is -0.355 e. The van der Waals surface area contributed by atoms with Crippen LogP contribution in [0.2, 0.25) is 0 Å². The lowest BCUT2D eigenvalue weighted by atomic mass is 10.0. The molecule has 0 aliphatic heterocycles. The first-order chi connectivity index (χ1) is 10.2. The molecule has 108 valence electrons. The predicted octanol–water partition coefficient (Wildman–Crippen LogP) is 5.88. The molecular weight excluding hydrogens is 254 g/mol. The molecule has 0 aliphatic rings. The van der Waals surface area contributed by atoms with Gasteiger partial charge in [0.15, 0.2) is 0 Å². The molecule has 2 aromatic rings. The van der Waals surface area contributed by atoms with Crippen LogP contribution in [-0.2, 0) is 0 Å². The van der Waals surface area contributed by atoms with Gasteiger partial charge in [0.1, 0.15) is 0 Å². The fourth-order valence-corrected chi connectivity index (χ4v) is 2.12. The van der Waals surface area contributed by atoms with Crippen LogP contribution >= 0.6 is 0 Å². The fourth-order valence-electron chi connectivity index (χ4n) is 2.12. The van der Waals surface area contributed by atoms with E-state index in [9.17, 15) is 0 Å². The number of hydrogen-bond acceptors (Lipinski definition) is 1. The highest BCUT2D eigenvalue weighted by Crippen LogP contribution is 2.28. The van der Waals surface area contributed by atoms with E-state index in [1.54, 1.807) is 0 Å². The predicted molar refractivity (Wildman–Crippen MR) is 93.2 cm³/mol. The Labute approximate surface area is 128 Å². The molecule has 2 aromatic carbocycles. The topological polar surface area (TPSA) is 12.0 Å². The van der Waals surface area contributed by atoms with Gasteiger partial charge in [0.25, 0.3) is 0 Å². The molecule has 0 fully saturated rings. The maximum absolute atomic E-state index is 3.53. The first kappa shape index (κ1) is 15.1. The van der Waals surface area contributed by atoms with E-state index in [4.69, 9.17) is 0 Å². The van der Waals surface area contributed by atoms with E-state index in [2.05, 4.69) is 92.8 Å². The van der Waals surface area contributed by atoms with E-state index < -0.39 is 0 Å². The summed E-state index contributed by atoms with van der Waals surface area (Å²) in [6, 6.07) is 18.9. The molecule has 0 radical (unpaired) electrons. The van der Waals surface area contributed by atoms with Crippen molar-refractivity contribution in [3.8, 4) is 11.1 Å². The minimum atomic E-state index is 0.547. The minimum absolute atomic E-state index is 0.547. The van der Waals surface area contributed by atoms with Crippen LogP contribution in [0, 0.1) is 5.92 Å². The summed E-state index contributed by atoms with van der Waals surface area (Å²) in [6.45, 7) is 6.42.